The van der Waals surface area contributed by atoms with Crippen molar-refractivity contribution in [3.05, 3.63) is 106 Å². The molecule has 1 N–H and O–H groups in total. The smallest absolute Gasteiger partial charge is 0.243 e. The summed E-state index contributed by atoms with van der Waals surface area (Å²) in [5.74, 6) is -1.13. The maximum absolute atomic E-state index is 14.4. The second kappa shape index (κ2) is 12.2. The number of nitrogens with zero attached hydrogens (tertiary/aromatic N) is 1. The molecule has 0 saturated heterocycles. The van der Waals surface area contributed by atoms with Crippen LogP contribution in [0.2, 0.25) is 5.02 Å². The van der Waals surface area contributed by atoms with Crippen LogP contribution in [-0.2, 0) is 29.0 Å². The largest absolute Gasteiger partial charge is 0.354 e. The lowest BCUT2D eigenvalue weighted by molar-refractivity contribution is -0.140. The first kappa shape index (κ1) is 24.5. The summed E-state index contributed by atoms with van der Waals surface area (Å²) < 4.78 is 14.4. The van der Waals surface area contributed by atoms with Gasteiger partial charge in [0.1, 0.15) is 11.9 Å². The van der Waals surface area contributed by atoms with Gasteiger partial charge < -0.3 is 10.2 Å². The number of benzene rings is 3. The Morgan fingerprint density at radius 1 is 0.939 bits per heavy atom. The molecule has 33 heavy (non-hydrogen) atoms. The zero-order chi connectivity index (χ0) is 23.6. The number of carbonyl (C=O) groups excluding carboxylic acids is 2. The first-order chi connectivity index (χ1) is 16.0. The molecule has 1 atom stereocenters. The van der Waals surface area contributed by atoms with Gasteiger partial charge in [0.15, 0.2) is 0 Å². The molecule has 0 aliphatic carbocycles. The van der Waals surface area contributed by atoms with Crippen LogP contribution in [0.4, 0.5) is 4.39 Å². The second-order valence-electron chi connectivity index (χ2n) is 7.88. The molecule has 0 spiro atoms. The van der Waals surface area contributed by atoms with Gasteiger partial charge in [0, 0.05) is 30.1 Å². The average molecular weight is 467 g/mol. The van der Waals surface area contributed by atoms with E-state index in [4.69, 9.17) is 11.6 Å². The molecule has 0 radical (unpaired) electrons. The highest BCUT2D eigenvalue weighted by molar-refractivity contribution is 6.31. The highest BCUT2D eigenvalue weighted by Gasteiger charge is 2.31. The van der Waals surface area contributed by atoms with E-state index in [-0.39, 0.29) is 35.4 Å². The number of rotatable bonds is 10. The van der Waals surface area contributed by atoms with E-state index < -0.39 is 11.9 Å². The van der Waals surface area contributed by atoms with Crippen molar-refractivity contribution < 1.29 is 14.0 Å². The van der Waals surface area contributed by atoms with E-state index in [0.717, 1.165) is 17.5 Å². The molecule has 0 unspecified atom stereocenters. The van der Waals surface area contributed by atoms with Gasteiger partial charge in [0.25, 0.3) is 0 Å². The van der Waals surface area contributed by atoms with Crippen LogP contribution in [0.25, 0.3) is 0 Å². The van der Waals surface area contributed by atoms with Crippen molar-refractivity contribution >= 4 is 23.4 Å². The highest BCUT2D eigenvalue weighted by Crippen LogP contribution is 2.22. The zero-order valence-electron chi connectivity index (χ0n) is 18.6. The molecule has 3 rings (SSSR count). The van der Waals surface area contributed by atoms with Crippen LogP contribution < -0.4 is 5.32 Å². The molecule has 2 amide bonds. The van der Waals surface area contributed by atoms with Crippen molar-refractivity contribution in [3.63, 3.8) is 0 Å². The van der Waals surface area contributed by atoms with Gasteiger partial charge in [0.2, 0.25) is 11.8 Å². The Bertz CT molecular complexity index is 1040. The molecular formula is C27H28ClFN2O2. The summed E-state index contributed by atoms with van der Waals surface area (Å²) in [6, 6.07) is 22.6. The van der Waals surface area contributed by atoms with Crippen LogP contribution in [0.3, 0.4) is 0 Å². The maximum atomic E-state index is 14.4. The second-order valence-corrected chi connectivity index (χ2v) is 8.29. The van der Waals surface area contributed by atoms with Gasteiger partial charge in [-0.3, -0.25) is 9.59 Å². The van der Waals surface area contributed by atoms with Crippen LogP contribution in [0.5, 0.6) is 0 Å². The number of halogens is 2. The van der Waals surface area contributed by atoms with Crippen LogP contribution in [0.1, 0.15) is 30.0 Å². The summed E-state index contributed by atoms with van der Waals surface area (Å²) >= 11 is 6.19. The van der Waals surface area contributed by atoms with E-state index >= 15 is 0 Å². The van der Waals surface area contributed by atoms with Crippen LogP contribution in [-0.4, -0.2) is 29.3 Å². The third-order valence-corrected chi connectivity index (χ3v) is 5.76. The molecule has 0 fully saturated rings. The first-order valence-corrected chi connectivity index (χ1v) is 11.4. The van der Waals surface area contributed by atoms with Crippen molar-refractivity contribution in [1.29, 1.82) is 0 Å². The Morgan fingerprint density at radius 2 is 1.58 bits per heavy atom. The summed E-state index contributed by atoms with van der Waals surface area (Å²) in [6.07, 6.45) is 0.895. The van der Waals surface area contributed by atoms with Crippen molar-refractivity contribution in [2.75, 3.05) is 6.54 Å². The Balaban J connectivity index is 1.97. The van der Waals surface area contributed by atoms with Gasteiger partial charge in [0.05, 0.1) is 6.42 Å². The third kappa shape index (κ3) is 6.90. The lowest BCUT2D eigenvalue weighted by Crippen LogP contribution is -2.51. The Labute approximate surface area is 199 Å². The van der Waals surface area contributed by atoms with Crippen LogP contribution >= 0.6 is 11.6 Å². The lowest BCUT2D eigenvalue weighted by Gasteiger charge is -2.32. The number of amides is 2. The number of hydrogen-bond donors (Lipinski definition) is 1. The third-order valence-electron chi connectivity index (χ3n) is 5.41. The van der Waals surface area contributed by atoms with E-state index in [9.17, 15) is 14.0 Å². The minimum absolute atomic E-state index is 0.134. The van der Waals surface area contributed by atoms with Crippen molar-refractivity contribution in [2.24, 2.45) is 0 Å². The molecule has 6 heteroatoms. The van der Waals surface area contributed by atoms with Gasteiger partial charge >= 0.3 is 0 Å². The monoisotopic (exact) mass is 466 g/mol. The fraction of sp³-hybridized carbons (Fsp3) is 0.259. The standard InChI is InChI=1S/C27H28ClFN2O2/c1-2-16-30-27(33)25(17-20-10-5-3-6-11-20)31(19-21-12-7-4-8-13-21)26(32)18-22-23(28)14-9-15-24(22)29/h3-15,25H,2,16-19H2,1H3,(H,30,33)/t25-/m1/s1. The maximum Gasteiger partial charge on any atom is 0.243 e. The normalized spacial score (nSPS) is 11.6. The van der Waals surface area contributed by atoms with Crippen LogP contribution in [0.15, 0.2) is 78.9 Å². The van der Waals surface area contributed by atoms with Crippen molar-refractivity contribution in [3.8, 4) is 0 Å². The molecule has 0 bridgehead atoms. The SMILES string of the molecule is CCCNC(=O)[C@@H](Cc1ccccc1)N(Cc1ccccc1)C(=O)Cc1c(F)cccc1Cl. The van der Waals surface area contributed by atoms with Gasteiger partial charge in [-0.2, -0.15) is 0 Å². The van der Waals surface area contributed by atoms with E-state index in [0.29, 0.717) is 13.0 Å². The van der Waals surface area contributed by atoms with E-state index in [1.165, 1.54) is 17.0 Å². The quantitative estimate of drug-likeness (QED) is 0.447. The Kier molecular flexibility index (Phi) is 9.02. The molecule has 3 aromatic rings. The minimum atomic E-state index is -0.753. The summed E-state index contributed by atoms with van der Waals surface area (Å²) in [5, 5.41) is 3.12. The molecule has 0 aliphatic rings. The van der Waals surface area contributed by atoms with Gasteiger partial charge in [-0.25, -0.2) is 4.39 Å². The summed E-state index contributed by atoms with van der Waals surface area (Å²) in [6.45, 7) is 2.71. The van der Waals surface area contributed by atoms with Gasteiger partial charge in [-0.1, -0.05) is 85.3 Å². The van der Waals surface area contributed by atoms with Crippen LogP contribution in [0, 0.1) is 5.82 Å². The predicted octanol–water partition coefficient (Wildman–Crippen LogP) is 5.19. The molecular weight excluding hydrogens is 439 g/mol. The predicted molar refractivity (Wildman–Crippen MR) is 129 cm³/mol. The highest BCUT2D eigenvalue weighted by atomic mass is 35.5. The zero-order valence-corrected chi connectivity index (χ0v) is 19.4. The Morgan fingerprint density at radius 3 is 2.18 bits per heavy atom. The van der Waals surface area contributed by atoms with E-state index in [1.807, 2.05) is 67.6 Å². The van der Waals surface area contributed by atoms with E-state index in [2.05, 4.69) is 5.32 Å². The molecule has 0 heterocycles. The average Bonchev–Trinajstić information content (AvgIpc) is 2.83. The Hall–Kier alpha value is -3.18. The molecule has 0 aliphatic heterocycles. The van der Waals surface area contributed by atoms with Crippen molar-refractivity contribution in [2.45, 2.75) is 38.8 Å². The summed E-state index contributed by atoms with van der Waals surface area (Å²) in [5.41, 5.74) is 1.95. The van der Waals surface area contributed by atoms with Gasteiger partial charge in [-0.15, -0.1) is 0 Å². The summed E-state index contributed by atoms with van der Waals surface area (Å²) in [4.78, 5) is 28.3. The topological polar surface area (TPSA) is 49.4 Å². The molecule has 172 valence electrons. The van der Waals surface area contributed by atoms with E-state index in [1.54, 1.807) is 6.07 Å². The van der Waals surface area contributed by atoms with Gasteiger partial charge in [-0.05, 0) is 29.7 Å². The fourth-order valence-corrected chi connectivity index (χ4v) is 3.88. The van der Waals surface area contributed by atoms with Crippen molar-refractivity contribution in [1.82, 2.24) is 10.2 Å². The minimum Gasteiger partial charge on any atom is -0.354 e. The lowest BCUT2D eigenvalue weighted by atomic mass is 10.0. The summed E-state index contributed by atoms with van der Waals surface area (Å²) in [7, 11) is 0. The molecule has 0 aromatic heterocycles. The number of hydrogen-bond acceptors (Lipinski definition) is 2. The first-order valence-electron chi connectivity index (χ1n) is 11.1. The molecule has 0 saturated carbocycles. The fourth-order valence-electron chi connectivity index (χ4n) is 3.65. The molecule has 4 nitrogen and oxygen atoms in total. The molecule has 3 aromatic carbocycles. The number of nitrogens with one attached hydrogen (secondary N) is 1. The number of carbonyl (C=O) groups is 2.